The fourth-order valence-electron chi connectivity index (χ4n) is 1.41. The Morgan fingerprint density at radius 1 is 1.32 bits per heavy atom. The Hall–Kier alpha value is -0.690. The number of rotatable bonds is 6. The minimum Gasteiger partial charge on any atom is -0.415 e. The van der Waals surface area contributed by atoms with Crippen molar-refractivity contribution in [2.75, 3.05) is 12.0 Å². The van der Waals surface area contributed by atoms with Gasteiger partial charge in [0.25, 0.3) is 5.22 Å². The molecule has 2 rings (SSSR count). The predicted octanol–water partition coefficient (Wildman–Crippen LogP) is 3.41. The molecule has 0 saturated heterocycles. The van der Waals surface area contributed by atoms with E-state index in [1.165, 1.54) is 11.8 Å². The lowest BCUT2D eigenvalue weighted by Gasteiger charge is -2.08. The summed E-state index contributed by atoms with van der Waals surface area (Å²) in [5, 5.41) is 19.0. The topological polar surface area (TPSA) is 59.2 Å². The van der Waals surface area contributed by atoms with E-state index in [4.69, 9.17) is 16.0 Å². The molecule has 19 heavy (non-hydrogen) atoms. The van der Waals surface area contributed by atoms with Crippen molar-refractivity contribution in [3.8, 4) is 0 Å². The van der Waals surface area contributed by atoms with Gasteiger partial charge in [-0.05, 0) is 24.0 Å². The highest BCUT2D eigenvalue weighted by atomic mass is 35.5. The fraction of sp³-hybridized carbons (Fsp3) is 0.333. The van der Waals surface area contributed by atoms with Gasteiger partial charge in [-0.2, -0.15) is 11.8 Å². The number of aliphatic hydroxyl groups excluding tert-OH is 1. The zero-order chi connectivity index (χ0) is 13.7. The van der Waals surface area contributed by atoms with Gasteiger partial charge in [-0.15, -0.1) is 10.2 Å². The molecule has 0 saturated carbocycles. The Balaban J connectivity index is 1.88. The summed E-state index contributed by atoms with van der Waals surface area (Å²) in [6, 6.07) is 7.13. The lowest BCUT2D eigenvalue weighted by molar-refractivity contribution is 0.203. The first kappa shape index (κ1) is 14.7. The third kappa shape index (κ3) is 4.42. The third-order valence-corrected chi connectivity index (χ3v) is 4.02. The maximum Gasteiger partial charge on any atom is 0.276 e. The summed E-state index contributed by atoms with van der Waals surface area (Å²) in [5.41, 5.74) is 0.820. The molecule has 1 unspecified atom stereocenters. The summed E-state index contributed by atoms with van der Waals surface area (Å²) in [7, 11) is 0. The first-order valence-electron chi connectivity index (χ1n) is 5.56. The van der Waals surface area contributed by atoms with Crippen LogP contribution in [0, 0.1) is 0 Å². The van der Waals surface area contributed by atoms with Crippen LogP contribution in [0.25, 0.3) is 0 Å². The van der Waals surface area contributed by atoms with Crippen LogP contribution in [-0.2, 0) is 5.75 Å². The van der Waals surface area contributed by atoms with Gasteiger partial charge in [0.05, 0.1) is 11.9 Å². The molecular formula is C12H13ClN2O2S2. The highest BCUT2D eigenvalue weighted by Gasteiger charge is 2.12. The van der Waals surface area contributed by atoms with Crippen LogP contribution in [0.15, 0.2) is 33.9 Å². The average molecular weight is 317 g/mol. The first-order valence-corrected chi connectivity index (χ1v) is 8.32. The molecule has 0 amide bonds. The van der Waals surface area contributed by atoms with Crippen molar-refractivity contribution in [2.24, 2.45) is 0 Å². The summed E-state index contributed by atoms with van der Waals surface area (Å²) >= 11 is 8.76. The number of halogens is 1. The molecule has 0 aliphatic rings. The van der Waals surface area contributed by atoms with E-state index in [1.807, 2.05) is 6.26 Å². The van der Waals surface area contributed by atoms with E-state index in [1.54, 1.807) is 36.0 Å². The van der Waals surface area contributed by atoms with Gasteiger partial charge in [-0.3, -0.25) is 0 Å². The standard InChI is InChI=1S/C12H13ClN2O2S2/c1-18-7-11-14-15-12(17-11)19-6-10(16)8-2-4-9(13)5-3-8/h2-5,10,16H,6-7H2,1H3. The van der Waals surface area contributed by atoms with E-state index in [9.17, 15) is 5.11 Å². The van der Waals surface area contributed by atoms with Crippen molar-refractivity contribution in [2.45, 2.75) is 17.1 Å². The Morgan fingerprint density at radius 3 is 2.74 bits per heavy atom. The van der Waals surface area contributed by atoms with E-state index in [0.29, 0.717) is 27.6 Å². The normalized spacial score (nSPS) is 12.6. The molecular weight excluding hydrogens is 304 g/mol. The minimum absolute atomic E-state index is 0.461. The van der Waals surface area contributed by atoms with Gasteiger partial charge in [0.2, 0.25) is 5.89 Å². The Bertz CT molecular complexity index is 519. The van der Waals surface area contributed by atoms with E-state index >= 15 is 0 Å². The quantitative estimate of drug-likeness (QED) is 0.824. The summed E-state index contributed by atoms with van der Waals surface area (Å²) in [5.74, 6) is 1.77. The molecule has 0 fully saturated rings. The van der Waals surface area contributed by atoms with E-state index in [-0.39, 0.29) is 0 Å². The monoisotopic (exact) mass is 316 g/mol. The van der Waals surface area contributed by atoms with Crippen molar-refractivity contribution in [1.82, 2.24) is 10.2 Å². The van der Waals surface area contributed by atoms with Crippen molar-refractivity contribution in [1.29, 1.82) is 0 Å². The molecule has 0 bridgehead atoms. The number of nitrogens with zero attached hydrogens (tertiary/aromatic N) is 2. The molecule has 0 spiro atoms. The maximum absolute atomic E-state index is 10.0. The van der Waals surface area contributed by atoms with E-state index in [0.717, 1.165) is 5.56 Å². The Morgan fingerprint density at radius 2 is 2.05 bits per heavy atom. The van der Waals surface area contributed by atoms with Gasteiger partial charge in [0, 0.05) is 10.8 Å². The summed E-state index contributed by atoms with van der Waals surface area (Å²) in [4.78, 5) is 0. The van der Waals surface area contributed by atoms with E-state index < -0.39 is 6.10 Å². The number of aliphatic hydroxyl groups is 1. The first-order chi connectivity index (χ1) is 9.19. The van der Waals surface area contributed by atoms with Gasteiger partial charge in [0.1, 0.15) is 0 Å². The molecule has 2 aromatic rings. The molecule has 1 heterocycles. The third-order valence-electron chi connectivity index (χ3n) is 2.34. The SMILES string of the molecule is CSCc1nnc(SCC(O)c2ccc(Cl)cc2)o1. The maximum atomic E-state index is 10.0. The van der Waals surface area contributed by atoms with Crippen molar-refractivity contribution >= 4 is 35.1 Å². The van der Waals surface area contributed by atoms with E-state index in [2.05, 4.69) is 10.2 Å². The largest absolute Gasteiger partial charge is 0.415 e. The van der Waals surface area contributed by atoms with Crippen LogP contribution in [0.2, 0.25) is 5.02 Å². The summed E-state index contributed by atoms with van der Waals surface area (Å²) in [6.07, 6.45) is 1.39. The van der Waals surface area contributed by atoms with Crippen LogP contribution >= 0.6 is 35.1 Å². The molecule has 1 N–H and O–H groups in total. The highest BCUT2D eigenvalue weighted by Crippen LogP contribution is 2.25. The molecule has 1 aromatic carbocycles. The second kappa shape index (κ2) is 7.19. The zero-order valence-corrected chi connectivity index (χ0v) is 12.6. The van der Waals surface area contributed by atoms with Gasteiger partial charge in [-0.1, -0.05) is 35.5 Å². The van der Waals surface area contributed by atoms with Gasteiger partial charge < -0.3 is 9.52 Å². The van der Waals surface area contributed by atoms with Gasteiger partial charge in [0.15, 0.2) is 0 Å². The van der Waals surface area contributed by atoms with Crippen LogP contribution < -0.4 is 0 Å². The molecule has 102 valence electrons. The average Bonchev–Trinajstić information content (AvgIpc) is 2.85. The number of aromatic nitrogens is 2. The minimum atomic E-state index is -0.585. The molecule has 4 nitrogen and oxygen atoms in total. The van der Waals surface area contributed by atoms with Crippen LogP contribution in [-0.4, -0.2) is 27.3 Å². The second-order valence-corrected chi connectivity index (χ2v) is 6.05. The molecule has 1 aromatic heterocycles. The number of thioether (sulfide) groups is 2. The van der Waals surface area contributed by atoms with Crippen molar-refractivity contribution in [3.63, 3.8) is 0 Å². The predicted molar refractivity (Wildman–Crippen MR) is 78.7 cm³/mol. The summed E-state index contributed by atoms with van der Waals surface area (Å²) < 4.78 is 5.42. The molecule has 1 atom stereocenters. The number of benzene rings is 1. The highest BCUT2D eigenvalue weighted by molar-refractivity contribution is 7.99. The van der Waals surface area contributed by atoms with Crippen LogP contribution in [0.1, 0.15) is 17.6 Å². The van der Waals surface area contributed by atoms with Gasteiger partial charge in [-0.25, -0.2) is 0 Å². The van der Waals surface area contributed by atoms with Crippen LogP contribution in [0.5, 0.6) is 0 Å². The lowest BCUT2D eigenvalue weighted by Crippen LogP contribution is -2.00. The molecule has 0 radical (unpaired) electrons. The molecule has 7 heteroatoms. The summed E-state index contributed by atoms with van der Waals surface area (Å²) in [6.45, 7) is 0. The second-order valence-electron chi connectivity index (χ2n) is 3.77. The number of hydrogen-bond donors (Lipinski definition) is 1. The lowest BCUT2D eigenvalue weighted by atomic mass is 10.1. The number of hydrogen-bond acceptors (Lipinski definition) is 6. The van der Waals surface area contributed by atoms with Gasteiger partial charge >= 0.3 is 0 Å². The fourth-order valence-corrected chi connectivity index (χ4v) is 2.65. The zero-order valence-electron chi connectivity index (χ0n) is 10.2. The smallest absolute Gasteiger partial charge is 0.276 e. The van der Waals surface area contributed by atoms with Crippen LogP contribution in [0.3, 0.4) is 0 Å². The van der Waals surface area contributed by atoms with Crippen LogP contribution in [0.4, 0.5) is 0 Å². The molecule has 0 aliphatic heterocycles. The molecule has 0 aliphatic carbocycles. The Kier molecular flexibility index (Phi) is 5.57. The van der Waals surface area contributed by atoms with Crippen molar-refractivity contribution in [3.05, 3.63) is 40.7 Å². The Labute approximate surface area is 124 Å². The van der Waals surface area contributed by atoms with Crippen molar-refractivity contribution < 1.29 is 9.52 Å².